The van der Waals surface area contributed by atoms with Crippen molar-refractivity contribution < 1.29 is 9.47 Å². The molecule has 2 aromatic carbocycles. The van der Waals surface area contributed by atoms with Crippen molar-refractivity contribution in [2.45, 2.75) is 39.5 Å². The molecule has 0 unspecified atom stereocenters. The number of ether oxygens (including phenoxy) is 2. The maximum atomic E-state index is 6.01. The highest BCUT2D eigenvalue weighted by Gasteiger charge is 2.14. The van der Waals surface area contributed by atoms with Gasteiger partial charge >= 0.3 is 0 Å². The molecule has 0 atom stereocenters. The number of benzene rings is 2. The summed E-state index contributed by atoms with van der Waals surface area (Å²) in [6.07, 6.45) is 0. The summed E-state index contributed by atoms with van der Waals surface area (Å²) >= 11 is 9.63. The summed E-state index contributed by atoms with van der Waals surface area (Å²) in [5.41, 5.74) is 2.19. The van der Waals surface area contributed by atoms with E-state index in [1.807, 2.05) is 36.4 Å². The minimum absolute atomic E-state index is 0.0500. The standard InChI is InChI=1S/C19H23BrClNO2/c1-19(2,3)22-11-14-9-17(23-4)18(10-16(14)20)24-12-13-6-5-7-15(21)8-13/h5-10,22H,11-12H2,1-4H3. The normalized spacial score (nSPS) is 11.4. The molecular weight excluding hydrogens is 390 g/mol. The van der Waals surface area contributed by atoms with Crippen molar-refractivity contribution in [3.05, 3.63) is 57.0 Å². The van der Waals surface area contributed by atoms with Gasteiger partial charge in [0.15, 0.2) is 11.5 Å². The lowest BCUT2D eigenvalue weighted by Crippen LogP contribution is -2.35. The number of rotatable bonds is 6. The van der Waals surface area contributed by atoms with Crippen molar-refractivity contribution in [2.75, 3.05) is 7.11 Å². The van der Waals surface area contributed by atoms with Crippen LogP contribution < -0.4 is 14.8 Å². The molecule has 0 saturated heterocycles. The van der Waals surface area contributed by atoms with E-state index in [1.54, 1.807) is 7.11 Å². The van der Waals surface area contributed by atoms with Gasteiger partial charge in [0, 0.05) is 21.6 Å². The molecule has 0 fully saturated rings. The Morgan fingerprint density at radius 1 is 1.12 bits per heavy atom. The van der Waals surface area contributed by atoms with Gasteiger partial charge in [-0.25, -0.2) is 0 Å². The van der Waals surface area contributed by atoms with Gasteiger partial charge in [-0.3, -0.25) is 0 Å². The Morgan fingerprint density at radius 3 is 2.50 bits per heavy atom. The van der Waals surface area contributed by atoms with Crippen LogP contribution in [0.2, 0.25) is 5.02 Å². The highest BCUT2D eigenvalue weighted by Crippen LogP contribution is 2.34. The van der Waals surface area contributed by atoms with Crippen LogP contribution in [0.4, 0.5) is 0 Å². The second-order valence-electron chi connectivity index (χ2n) is 6.62. The van der Waals surface area contributed by atoms with Crippen LogP contribution in [-0.4, -0.2) is 12.6 Å². The van der Waals surface area contributed by atoms with E-state index in [4.69, 9.17) is 21.1 Å². The van der Waals surface area contributed by atoms with Gasteiger partial charge in [0.05, 0.1) is 7.11 Å². The van der Waals surface area contributed by atoms with Crippen molar-refractivity contribution in [1.29, 1.82) is 0 Å². The van der Waals surface area contributed by atoms with Crippen LogP contribution in [0.5, 0.6) is 11.5 Å². The second-order valence-corrected chi connectivity index (χ2v) is 7.91. The molecule has 130 valence electrons. The smallest absolute Gasteiger partial charge is 0.162 e. The Balaban J connectivity index is 2.14. The molecule has 0 radical (unpaired) electrons. The largest absolute Gasteiger partial charge is 0.493 e. The van der Waals surface area contributed by atoms with E-state index >= 15 is 0 Å². The fourth-order valence-electron chi connectivity index (χ4n) is 2.13. The van der Waals surface area contributed by atoms with E-state index in [9.17, 15) is 0 Å². The van der Waals surface area contributed by atoms with Gasteiger partial charge in [0.25, 0.3) is 0 Å². The summed E-state index contributed by atoms with van der Waals surface area (Å²) in [6.45, 7) is 7.60. The lowest BCUT2D eigenvalue weighted by Gasteiger charge is -2.22. The van der Waals surface area contributed by atoms with Crippen molar-refractivity contribution in [3.63, 3.8) is 0 Å². The summed E-state index contributed by atoms with van der Waals surface area (Å²) in [6, 6.07) is 11.6. The molecule has 0 aliphatic rings. The number of halogens is 2. The first-order chi connectivity index (χ1) is 11.3. The maximum absolute atomic E-state index is 6.01. The first-order valence-corrected chi connectivity index (χ1v) is 8.94. The van der Waals surface area contributed by atoms with Gasteiger partial charge in [0.1, 0.15) is 6.61 Å². The van der Waals surface area contributed by atoms with Gasteiger partial charge in [-0.15, -0.1) is 0 Å². The molecule has 0 bridgehead atoms. The molecule has 0 aromatic heterocycles. The van der Waals surface area contributed by atoms with Crippen LogP contribution in [0.1, 0.15) is 31.9 Å². The van der Waals surface area contributed by atoms with Crippen LogP contribution in [0.3, 0.4) is 0 Å². The van der Waals surface area contributed by atoms with Crippen LogP contribution >= 0.6 is 27.5 Å². The molecule has 0 amide bonds. The second kappa shape index (κ2) is 8.24. The van der Waals surface area contributed by atoms with E-state index in [1.165, 1.54) is 0 Å². The van der Waals surface area contributed by atoms with E-state index in [-0.39, 0.29) is 5.54 Å². The summed E-state index contributed by atoms with van der Waals surface area (Å²) in [4.78, 5) is 0. The molecular formula is C19H23BrClNO2. The molecule has 5 heteroatoms. The van der Waals surface area contributed by atoms with Crippen LogP contribution in [0.25, 0.3) is 0 Å². The van der Waals surface area contributed by atoms with Crippen molar-refractivity contribution in [1.82, 2.24) is 5.32 Å². The zero-order valence-corrected chi connectivity index (χ0v) is 16.8. The molecule has 0 aliphatic carbocycles. The first-order valence-electron chi connectivity index (χ1n) is 7.77. The number of nitrogens with one attached hydrogen (secondary N) is 1. The predicted molar refractivity (Wildman–Crippen MR) is 103 cm³/mol. The first kappa shape index (κ1) is 19.1. The van der Waals surface area contributed by atoms with Gasteiger partial charge in [-0.2, -0.15) is 0 Å². The summed E-state index contributed by atoms with van der Waals surface area (Å²) in [7, 11) is 1.65. The lowest BCUT2D eigenvalue weighted by molar-refractivity contribution is 0.284. The van der Waals surface area contributed by atoms with E-state index < -0.39 is 0 Å². The van der Waals surface area contributed by atoms with Crippen LogP contribution in [0.15, 0.2) is 40.9 Å². The Bertz CT molecular complexity index is 698. The van der Waals surface area contributed by atoms with Gasteiger partial charge in [0.2, 0.25) is 0 Å². The zero-order valence-electron chi connectivity index (χ0n) is 14.5. The molecule has 0 aliphatic heterocycles. The minimum Gasteiger partial charge on any atom is -0.493 e. The molecule has 0 spiro atoms. The number of hydrogen-bond donors (Lipinski definition) is 1. The average molecular weight is 413 g/mol. The molecule has 0 saturated carbocycles. The topological polar surface area (TPSA) is 30.5 Å². The number of methoxy groups -OCH3 is 1. The Labute approximate surface area is 157 Å². The van der Waals surface area contributed by atoms with Gasteiger partial charge in [-0.1, -0.05) is 39.7 Å². The predicted octanol–water partition coefficient (Wildman–Crippen LogP) is 5.58. The summed E-state index contributed by atoms with van der Waals surface area (Å²) in [5.74, 6) is 1.41. The third kappa shape index (κ3) is 5.69. The van der Waals surface area contributed by atoms with Crippen LogP contribution in [-0.2, 0) is 13.2 Å². The van der Waals surface area contributed by atoms with Gasteiger partial charge < -0.3 is 14.8 Å². The number of hydrogen-bond acceptors (Lipinski definition) is 3. The lowest BCUT2D eigenvalue weighted by atomic mass is 10.1. The summed E-state index contributed by atoms with van der Waals surface area (Å²) in [5, 5.41) is 4.17. The van der Waals surface area contributed by atoms with Crippen molar-refractivity contribution >= 4 is 27.5 Å². The fraction of sp³-hybridized carbons (Fsp3) is 0.368. The summed E-state index contributed by atoms with van der Waals surface area (Å²) < 4.78 is 12.4. The van der Waals surface area contributed by atoms with E-state index in [2.05, 4.69) is 42.0 Å². The Hall–Kier alpha value is -1.23. The Morgan fingerprint density at radius 2 is 1.88 bits per heavy atom. The molecule has 2 rings (SSSR count). The molecule has 0 heterocycles. The molecule has 2 aromatic rings. The van der Waals surface area contributed by atoms with Gasteiger partial charge in [-0.05, 0) is 56.2 Å². The fourth-order valence-corrected chi connectivity index (χ4v) is 2.81. The highest BCUT2D eigenvalue weighted by molar-refractivity contribution is 9.10. The average Bonchev–Trinajstić information content (AvgIpc) is 2.51. The monoisotopic (exact) mass is 411 g/mol. The highest BCUT2D eigenvalue weighted by atomic mass is 79.9. The Kier molecular flexibility index (Phi) is 6.55. The third-order valence-electron chi connectivity index (χ3n) is 3.43. The van der Waals surface area contributed by atoms with Crippen LogP contribution in [0, 0.1) is 0 Å². The maximum Gasteiger partial charge on any atom is 0.162 e. The molecule has 3 nitrogen and oxygen atoms in total. The van der Waals surface area contributed by atoms with Crippen molar-refractivity contribution in [2.24, 2.45) is 0 Å². The van der Waals surface area contributed by atoms with E-state index in [0.29, 0.717) is 23.1 Å². The molecule has 1 N–H and O–H groups in total. The zero-order chi connectivity index (χ0) is 17.7. The minimum atomic E-state index is 0.0500. The quantitative estimate of drug-likeness (QED) is 0.672. The van der Waals surface area contributed by atoms with Crippen molar-refractivity contribution in [3.8, 4) is 11.5 Å². The third-order valence-corrected chi connectivity index (χ3v) is 4.40. The SMILES string of the molecule is COc1cc(CNC(C)(C)C)c(Br)cc1OCc1cccc(Cl)c1. The molecule has 24 heavy (non-hydrogen) atoms. The van der Waals surface area contributed by atoms with E-state index in [0.717, 1.165) is 22.1 Å².